The van der Waals surface area contributed by atoms with Crippen LogP contribution in [0.5, 0.6) is 0 Å². The molecule has 1 fully saturated rings. The quantitative estimate of drug-likeness (QED) is 0.626. The molecule has 2 heterocycles. The smallest absolute Gasteiger partial charge is 0.350 e. The van der Waals surface area contributed by atoms with Crippen molar-refractivity contribution in [2.45, 2.75) is 38.3 Å². The maximum absolute atomic E-state index is 14.3. The topological polar surface area (TPSA) is 52.4 Å². The maximum Gasteiger partial charge on any atom is 0.350 e. The molecule has 0 bridgehead atoms. The predicted octanol–water partition coefficient (Wildman–Crippen LogP) is 3.92. The van der Waals surface area contributed by atoms with Gasteiger partial charge in [0.1, 0.15) is 23.6 Å². The molecule has 0 amide bonds. The number of epoxide rings is 1. The predicted molar refractivity (Wildman–Crippen MR) is 101 cm³/mol. The van der Waals surface area contributed by atoms with E-state index in [4.69, 9.17) is 4.74 Å². The Balaban J connectivity index is 1.68. The zero-order chi connectivity index (χ0) is 20.1. The van der Waals surface area contributed by atoms with Crippen molar-refractivity contribution in [2.75, 3.05) is 6.61 Å². The van der Waals surface area contributed by atoms with Crippen LogP contribution in [0, 0.1) is 11.6 Å². The molecule has 5 nitrogen and oxygen atoms in total. The number of hydrogen-bond acceptors (Lipinski definition) is 3. The highest BCUT2D eigenvalue weighted by Crippen LogP contribution is 2.48. The zero-order valence-electron chi connectivity index (χ0n) is 15.9. The monoisotopic (exact) mass is 385 g/mol. The third kappa shape index (κ3) is 2.96. The van der Waals surface area contributed by atoms with E-state index < -0.39 is 23.3 Å². The van der Waals surface area contributed by atoms with Crippen molar-refractivity contribution in [3.8, 4) is 5.69 Å². The molecular formula is C21H21F2N3O2. The summed E-state index contributed by atoms with van der Waals surface area (Å²) in [7, 11) is 0. The first-order valence-corrected chi connectivity index (χ1v) is 9.19. The number of benzene rings is 2. The summed E-state index contributed by atoms with van der Waals surface area (Å²) in [5.74, 6) is -0.955. The van der Waals surface area contributed by atoms with Gasteiger partial charge in [-0.05, 0) is 36.6 Å². The summed E-state index contributed by atoms with van der Waals surface area (Å²) in [6.07, 6.45) is 1.44. The first-order chi connectivity index (χ1) is 13.3. The molecule has 3 aromatic rings. The number of aromatic nitrogens is 3. The molecule has 1 aliphatic rings. The van der Waals surface area contributed by atoms with Gasteiger partial charge in [-0.2, -0.15) is 5.10 Å². The van der Waals surface area contributed by atoms with Gasteiger partial charge in [-0.25, -0.2) is 22.8 Å². The molecule has 2 atom stereocenters. The van der Waals surface area contributed by atoms with E-state index in [1.54, 1.807) is 6.92 Å². The Morgan fingerprint density at radius 3 is 2.36 bits per heavy atom. The number of hydrogen-bond donors (Lipinski definition) is 0. The highest BCUT2D eigenvalue weighted by atomic mass is 19.1. The van der Waals surface area contributed by atoms with E-state index in [2.05, 4.69) is 18.9 Å². The minimum atomic E-state index is -1.03. The van der Waals surface area contributed by atoms with E-state index in [1.807, 2.05) is 24.3 Å². The minimum absolute atomic E-state index is 0.226. The molecule has 1 saturated heterocycles. The molecule has 1 aromatic heterocycles. The lowest BCUT2D eigenvalue weighted by Gasteiger charge is -2.20. The first kappa shape index (κ1) is 18.6. The molecule has 0 radical (unpaired) electrons. The fourth-order valence-corrected chi connectivity index (χ4v) is 3.51. The Morgan fingerprint density at radius 1 is 1.11 bits per heavy atom. The van der Waals surface area contributed by atoms with Crippen molar-refractivity contribution in [2.24, 2.45) is 0 Å². The second kappa shape index (κ2) is 6.67. The lowest BCUT2D eigenvalue weighted by molar-refractivity contribution is 0.211. The van der Waals surface area contributed by atoms with Crippen LogP contribution in [0.3, 0.4) is 0 Å². The van der Waals surface area contributed by atoms with E-state index in [9.17, 15) is 13.6 Å². The van der Waals surface area contributed by atoms with Gasteiger partial charge in [0, 0.05) is 11.6 Å². The maximum atomic E-state index is 14.3. The summed E-state index contributed by atoms with van der Waals surface area (Å²) < 4.78 is 35.9. The van der Waals surface area contributed by atoms with Gasteiger partial charge < -0.3 is 4.74 Å². The molecule has 4 rings (SSSR count). The Labute approximate surface area is 161 Å². The zero-order valence-corrected chi connectivity index (χ0v) is 15.9. The van der Waals surface area contributed by atoms with E-state index in [1.165, 1.54) is 33.3 Å². The van der Waals surface area contributed by atoms with Crippen LogP contribution in [0.1, 0.15) is 43.9 Å². The normalized spacial score (nSPS) is 19.8. The van der Waals surface area contributed by atoms with Gasteiger partial charge in [0.15, 0.2) is 0 Å². The van der Waals surface area contributed by atoms with E-state index in [0.29, 0.717) is 11.6 Å². The van der Waals surface area contributed by atoms with E-state index in [0.717, 1.165) is 6.07 Å². The molecule has 0 saturated carbocycles. The van der Waals surface area contributed by atoms with Crippen LogP contribution in [0.15, 0.2) is 53.6 Å². The van der Waals surface area contributed by atoms with Gasteiger partial charge in [-0.3, -0.25) is 0 Å². The van der Waals surface area contributed by atoms with Crippen LogP contribution in [0.2, 0.25) is 0 Å². The van der Waals surface area contributed by atoms with Crippen molar-refractivity contribution in [3.05, 3.63) is 82.0 Å². The second-order valence-electron chi connectivity index (χ2n) is 7.45. The summed E-state index contributed by atoms with van der Waals surface area (Å²) in [4.78, 5) is 12.9. The van der Waals surface area contributed by atoms with Crippen LogP contribution < -0.4 is 5.69 Å². The Hall–Kier alpha value is -2.80. The van der Waals surface area contributed by atoms with Crippen molar-refractivity contribution < 1.29 is 13.5 Å². The fraction of sp³-hybridized carbons (Fsp3) is 0.333. The molecule has 146 valence electrons. The SMILES string of the molecule is CC(C)c1ccc(-n2cnn([C@H](C)[C@@]3(c4ccc(F)cc4F)CO3)c2=O)cc1. The van der Waals surface area contributed by atoms with Gasteiger partial charge in [-0.1, -0.05) is 32.0 Å². The highest BCUT2D eigenvalue weighted by Gasteiger charge is 2.54. The largest absolute Gasteiger partial charge is 0.362 e. The molecule has 1 aliphatic heterocycles. The van der Waals surface area contributed by atoms with Crippen molar-refractivity contribution in [1.29, 1.82) is 0 Å². The van der Waals surface area contributed by atoms with Gasteiger partial charge >= 0.3 is 5.69 Å². The first-order valence-electron chi connectivity index (χ1n) is 9.19. The summed E-state index contributed by atoms with van der Waals surface area (Å²) in [6, 6.07) is 10.5. The Morgan fingerprint density at radius 2 is 1.79 bits per heavy atom. The van der Waals surface area contributed by atoms with Crippen LogP contribution in [0.4, 0.5) is 8.78 Å². The van der Waals surface area contributed by atoms with Gasteiger partial charge in [0.25, 0.3) is 0 Å². The highest BCUT2D eigenvalue weighted by molar-refractivity contribution is 5.35. The molecule has 2 aromatic carbocycles. The average Bonchev–Trinajstić information content (AvgIpc) is 3.38. The third-order valence-electron chi connectivity index (χ3n) is 5.42. The molecule has 0 aliphatic carbocycles. The number of ether oxygens (including phenoxy) is 1. The minimum Gasteiger partial charge on any atom is -0.362 e. The van der Waals surface area contributed by atoms with E-state index in [-0.39, 0.29) is 17.9 Å². The molecule has 28 heavy (non-hydrogen) atoms. The molecular weight excluding hydrogens is 364 g/mol. The van der Waals surface area contributed by atoms with Crippen LogP contribution in [-0.2, 0) is 10.3 Å². The van der Waals surface area contributed by atoms with Crippen molar-refractivity contribution >= 4 is 0 Å². The lowest BCUT2D eigenvalue weighted by atomic mass is 9.92. The molecule has 7 heteroatoms. The summed E-state index contributed by atoms with van der Waals surface area (Å²) in [5, 5.41) is 4.22. The lowest BCUT2D eigenvalue weighted by Crippen LogP contribution is -2.33. The summed E-state index contributed by atoms with van der Waals surface area (Å²) >= 11 is 0. The Bertz CT molecular complexity index is 1070. The molecule has 0 spiro atoms. The van der Waals surface area contributed by atoms with Crippen molar-refractivity contribution in [1.82, 2.24) is 14.3 Å². The van der Waals surface area contributed by atoms with Gasteiger partial charge in [0.05, 0.1) is 18.3 Å². The molecule has 0 N–H and O–H groups in total. The van der Waals surface area contributed by atoms with Gasteiger partial charge in [0.2, 0.25) is 0 Å². The summed E-state index contributed by atoms with van der Waals surface area (Å²) in [5.41, 5.74) is 0.732. The van der Waals surface area contributed by atoms with Crippen LogP contribution in [-0.4, -0.2) is 21.0 Å². The fourth-order valence-electron chi connectivity index (χ4n) is 3.51. The van der Waals surface area contributed by atoms with Crippen molar-refractivity contribution in [3.63, 3.8) is 0 Å². The third-order valence-corrected chi connectivity index (χ3v) is 5.42. The van der Waals surface area contributed by atoms with Gasteiger partial charge in [-0.15, -0.1) is 0 Å². The standard InChI is InChI=1S/C21H21F2N3O2/c1-13(2)15-4-7-17(8-5-15)25-12-24-26(20(25)27)14(3)21(11-28-21)18-9-6-16(22)10-19(18)23/h4-10,12-14H,11H2,1-3H3/t14-,21-/m1/s1. The van der Waals surface area contributed by atoms with E-state index >= 15 is 0 Å². The summed E-state index contributed by atoms with van der Waals surface area (Å²) in [6.45, 7) is 6.19. The average molecular weight is 385 g/mol. The van der Waals surface area contributed by atoms with Crippen LogP contribution >= 0.6 is 0 Å². The Kier molecular flexibility index (Phi) is 4.42. The number of nitrogens with zero attached hydrogens (tertiary/aromatic N) is 3. The number of rotatable bonds is 5. The van der Waals surface area contributed by atoms with Crippen LogP contribution in [0.25, 0.3) is 5.69 Å². The molecule has 0 unspecified atom stereocenters. The second-order valence-corrected chi connectivity index (χ2v) is 7.45. The number of halogens is 2.